The van der Waals surface area contributed by atoms with E-state index in [2.05, 4.69) is 4.72 Å². The summed E-state index contributed by atoms with van der Waals surface area (Å²) in [6.07, 6.45) is -0.116. The third-order valence-corrected chi connectivity index (χ3v) is 6.13. The van der Waals surface area contributed by atoms with Crippen LogP contribution in [0.3, 0.4) is 0 Å². The van der Waals surface area contributed by atoms with Gasteiger partial charge in [0.2, 0.25) is 0 Å². The Kier molecular flexibility index (Phi) is 7.70. The van der Waals surface area contributed by atoms with Crippen molar-refractivity contribution in [3.8, 4) is 0 Å². The number of rotatable bonds is 7. The number of ether oxygens (including phenoxy) is 1. The fourth-order valence-electron chi connectivity index (χ4n) is 2.99. The van der Waals surface area contributed by atoms with Gasteiger partial charge < -0.3 is 9.84 Å². The van der Waals surface area contributed by atoms with E-state index in [0.29, 0.717) is 12.8 Å². The molecule has 0 bridgehead atoms. The first-order chi connectivity index (χ1) is 13.5. The smallest absolute Gasteiger partial charge is 0.408 e. The van der Waals surface area contributed by atoms with E-state index >= 15 is 0 Å². The minimum Gasteiger partial charge on any atom is -0.465 e. The second kappa shape index (κ2) is 9.62. The number of nitrogens with zero attached hydrogens (tertiary/aromatic N) is 1. The normalized spacial score (nSPS) is 19.1. The number of nitrogens with one attached hydrogen (secondary N) is 1. The maximum atomic E-state index is 13.6. The molecule has 0 saturated carbocycles. The fourth-order valence-corrected chi connectivity index (χ4v) is 3.86. The number of likely N-dealkylation sites (tertiary alicyclic amines) is 1. The molecule has 0 radical (unpaired) electrons. The van der Waals surface area contributed by atoms with Gasteiger partial charge in [-0.2, -0.15) is 0 Å². The maximum absolute atomic E-state index is 13.6. The van der Waals surface area contributed by atoms with Crippen molar-refractivity contribution >= 4 is 23.0 Å². The van der Waals surface area contributed by atoms with E-state index in [4.69, 9.17) is 9.84 Å². The number of hydrogen-bond acceptors (Lipinski definition) is 4. The molecule has 1 aliphatic rings. The Morgan fingerprint density at radius 3 is 2.48 bits per heavy atom. The van der Waals surface area contributed by atoms with Gasteiger partial charge in [-0.15, -0.1) is 0 Å². The SMILES string of the molecule is CC(C)(C)[S@](=O)N[C@@H](CCOC(=O)[C@H]1CCCN1C(=O)O)c1cc(F)cc(F)c1. The van der Waals surface area contributed by atoms with Gasteiger partial charge in [0.15, 0.2) is 0 Å². The first kappa shape index (κ1) is 23.2. The molecule has 162 valence electrons. The predicted molar refractivity (Wildman–Crippen MR) is 103 cm³/mol. The molecule has 29 heavy (non-hydrogen) atoms. The van der Waals surface area contributed by atoms with Crippen molar-refractivity contribution in [2.75, 3.05) is 13.2 Å². The predicted octanol–water partition coefficient (Wildman–Crippen LogP) is 3.13. The molecular formula is C19H26F2N2O5S. The van der Waals surface area contributed by atoms with E-state index in [1.165, 1.54) is 0 Å². The molecule has 0 aliphatic carbocycles. The molecule has 2 rings (SSSR count). The Morgan fingerprint density at radius 1 is 1.31 bits per heavy atom. The summed E-state index contributed by atoms with van der Waals surface area (Å²) >= 11 is 0. The van der Waals surface area contributed by atoms with E-state index in [1.54, 1.807) is 20.8 Å². The summed E-state index contributed by atoms with van der Waals surface area (Å²) in [6.45, 7) is 5.40. The second-order valence-corrected chi connectivity index (χ2v) is 9.84. The summed E-state index contributed by atoms with van der Waals surface area (Å²) in [5.74, 6) is -2.20. The van der Waals surface area contributed by atoms with Crippen LogP contribution in [0.5, 0.6) is 0 Å². The minimum atomic E-state index is -1.53. The van der Waals surface area contributed by atoms with E-state index in [9.17, 15) is 22.6 Å². The van der Waals surface area contributed by atoms with Gasteiger partial charge in [-0.3, -0.25) is 4.90 Å². The van der Waals surface area contributed by atoms with Crippen molar-refractivity contribution in [3.63, 3.8) is 0 Å². The number of benzene rings is 1. The topological polar surface area (TPSA) is 95.9 Å². The fraction of sp³-hybridized carbons (Fsp3) is 0.579. The van der Waals surface area contributed by atoms with Crippen molar-refractivity contribution in [1.29, 1.82) is 0 Å². The Bertz CT molecular complexity index is 764. The lowest BCUT2D eigenvalue weighted by atomic mass is 10.0. The molecule has 0 aromatic heterocycles. The number of esters is 1. The zero-order chi connectivity index (χ0) is 21.8. The van der Waals surface area contributed by atoms with Crippen LogP contribution in [0.2, 0.25) is 0 Å². The van der Waals surface area contributed by atoms with Crippen LogP contribution < -0.4 is 4.72 Å². The van der Waals surface area contributed by atoms with Crippen LogP contribution in [0.4, 0.5) is 13.6 Å². The van der Waals surface area contributed by atoms with Crippen molar-refractivity contribution < 1.29 is 32.4 Å². The third-order valence-electron chi connectivity index (χ3n) is 4.51. The molecule has 0 spiro atoms. The van der Waals surface area contributed by atoms with Crippen LogP contribution in [-0.2, 0) is 20.5 Å². The molecule has 1 heterocycles. The number of carbonyl (C=O) groups is 2. The van der Waals surface area contributed by atoms with Crippen molar-refractivity contribution in [2.45, 2.75) is 56.9 Å². The Balaban J connectivity index is 2.06. The third kappa shape index (κ3) is 6.46. The lowest BCUT2D eigenvalue weighted by molar-refractivity contribution is -0.148. The second-order valence-electron chi connectivity index (χ2n) is 7.84. The molecule has 1 aromatic rings. The van der Waals surface area contributed by atoms with Gasteiger partial charge >= 0.3 is 12.1 Å². The molecular weight excluding hydrogens is 406 g/mol. The summed E-state index contributed by atoms with van der Waals surface area (Å²) in [7, 11) is -1.53. The number of halogens is 2. The highest BCUT2D eigenvalue weighted by molar-refractivity contribution is 7.84. The van der Waals surface area contributed by atoms with Crippen LogP contribution in [0.1, 0.15) is 51.6 Å². The number of carbonyl (C=O) groups excluding carboxylic acids is 1. The molecule has 1 amide bonds. The first-order valence-electron chi connectivity index (χ1n) is 9.29. The van der Waals surface area contributed by atoms with Crippen LogP contribution >= 0.6 is 0 Å². The molecule has 1 saturated heterocycles. The molecule has 1 aliphatic heterocycles. The minimum absolute atomic E-state index is 0.107. The Hall–Kier alpha value is -2.07. The zero-order valence-corrected chi connectivity index (χ0v) is 17.4. The van der Waals surface area contributed by atoms with Gasteiger partial charge in [0.1, 0.15) is 17.7 Å². The molecule has 1 aromatic carbocycles. The van der Waals surface area contributed by atoms with Crippen LogP contribution in [0.15, 0.2) is 18.2 Å². The molecule has 1 fully saturated rings. The zero-order valence-electron chi connectivity index (χ0n) is 16.6. The molecule has 3 atom stereocenters. The molecule has 10 heteroatoms. The highest BCUT2D eigenvalue weighted by Crippen LogP contribution is 2.23. The number of hydrogen-bond donors (Lipinski definition) is 2. The summed E-state index contributed by atoms with van der Waals surface area (Å²) in [4.78, 5) is 24.4. The average Bonchev–Trinajstić information content (AvgIpc) is 3.09. The Morgan fingerprint density at radius 2 is 1.93 bits per heavy atom. The van der Waals surface area contributed by atoms with Gasteiger partial charge in [-0.1, -0.05) is 0 Å². The monoisotopic (exact) mass is 432 g/mol. The van der Waals surface area contributed by atoms with Gasteiger partial charge in [0, 0.05) is 25.1 Å². The molecule has 2 N–H and O–H groups in total. The molecule has 0 unspecified atom stereocenters. The van der Waals surface area contributed by atoms with Crippen molar-refractivity contribution in [3.05, 3.63) is 35.4 Å². The summed E-state index contributed by atoms with van der Waals surface area (Å²) in [5.41, 5.74) is 0.240. The van der Waals surface area contributed by atoms with Crippen molar-refractivity contribution in [2.24, 2.45) is 0 Å². The highest BCUT2D eigenvalue weighted by atomic mass is 32.2. The lowest BCUT2D eigenvalue weighted by Crippen LogP contribution is -2.41. The van der Waals surface area contributed by atoms with Gasteiger partial charge in [0.05, 0.1) is 22.3 Å². The number of amides is 1. The van der Waals surface area contributed by atoms with Crippen LogP contribution in [0, 0.1) is 11.6 Å². The van der Waals surface area contributed by atoms with E-state index in [0.717, 1.165) is 23.1 Å². The highest BCUT2D eigenvalue weighted by Gasteiger charge is 2.35. The maximum Gasteiger partial charge on any atom is 0.408 e. The van der Waals surface area contributed by atoms with Gasteiger partial charge in [0.25, 0.3) is 0 Å². The largest absolute Gasteiger partial charge is 0.465 e. The van der Waals surface area contributed by atoms with Gasteiger partial charge in [-0.05, 0) is 51.3 Å². The average molecular weight is 432 g/mol. The lowest BCUT2D eigenvalue weighted by Gasteiger charge is -2.25. The standard InChI is InChI=1S/C19H26F2N2O5S/c1-19(2,3)29(27)22-15(12-9-13(20)11-14(21)10-12)6-8-28-17(24)16-5-4-7-23(16)18(25)26/h9-11,15-16,22H,4-8H2,1-3H3,(H,25,26)/t15-,16+,29-/m0/s1. The van der Waals surface area contributed by atoms with Crippen molar-refractivity contribution in [1.82, 2.24) is 9.62 Å². The quantitative estimate of drug-likeness (QED) is 0.646. The Labute approximate surface area is 171 Å². The first-order valence-corrected chi connectivity index (χ1v) is 10.4. The van der Waals surface area contributed by atoms with Crippen LogP contribution in [0.25, 0.3) is 0 Å². The van der Waals surface area contributed by atoms with E-state index in [-0.39, 0.29) is 25.1 Å². The van der Waals surface area contributed by atoms with E-state index in [1.807, 2.05) is 0 Å². The molecule has 7 nitrogen and oxygen atoms in total. The number of carboxylic acid groups (broad SMARTS) is 1. The summed E-state index contributed by atoms with van der Waals surface area (Å²) in [6, 6.07) is 1.42. The van der Waals surface area contributed by atoms with Gasteiger partial charge in [-0.25, -0.2) is 27.3 Å². The summed E-state index contributed by atoms with van der Waals surface area (Å²) < 4.78 is 47.2. The summed E-state index contributed by atoms with van der Waals surface area (Å²) in [5, 5.41) is 9.13. The van der Waals surface area contributed by atoms with Crippen LogP contribution in [-0.4, -0.2) is 50.2 Å². The van der Waals surface area contributed by atoms with E-state index < -0.39 is 51.5 Å².